The van der Waals surface area contributed by atoms with Gasteiger partial charge in [0, 0.05) is 0 Å². The van der Waals surface area contributed by atoms with Gasteiger partial charge in [-0.15, -0.1) is 0 Å². The van der Waals surface area contributed by atoms with Gasteiger partial charge in [-0.25, -0.2) is 0 Å². The van der Waals surface area contributed by atoms with E-state index in [1.807, 2.05) is 0 Å². The summed E-state index contributed by atoms with van der Waals surface area (Å²) in [5, 5.41) is 0. The third-order valence-electron chi connectivity index (χ3n) is 2.39. The minimum atomic E-state index is -1.27. The summed E-state index contributed by atoms with van der Waals surface area (Å²) in [7, 11) is -1.27. The number of rotatable bonds is 6. The van der Waals surface area contributed by atoms with E-state index >= 15 is 0 Å². The first-order chi connectivity index (χ1) is 9.19. The number of carbonyl (C=O) groups excluding carboxylic acids is 2. The first-order valence-corrected chi connectivity index (χ1v) is 9.94. The molecule has 1 aromatic carbocycles. The summed E-state index contributed by atoms with van der Waals surface area (Å²) in [6.45, 7) is 6.66. The lowest BCUT2D eigenvalue weighted by Gasteiger charge is -2.16. The van der Waals surface area contributed by atoms with Crippen molar-refractivity contribution in [1.82, 2.24) is 0 Å². The monoisotopic (exact) mass is 292 g/mol. The van der Waals surface area contributed by atoms with Crippen molar-refractivity contribution in [1.29, 1.82) is 0 Å². The molecule has 0 fully saturated rings. The Morgan fingerprint density at radius 2 is 1.60 bits per heavy atom. The first kappa shape index (κ1) is 16.0. The van der Waals surface area contributed by atoms with Gasteiger partial charge in [-0.3, -0.25) is 9.59 Å². The maximum absolute atomic E-state index is 11.1. The predicted molar refractivity (Wildman–Crippen MR) is 81.6 cm³/mol. The number of amides is 2. The summed E-state index contributed by atoms with van der Waals surface area (Å²) in [5.74, 6) is -0.919. The molecule has 0 bridgehead atoms. The highest BCUT2D eigenvalue weighted by Crippen LogP contribution is 2.16. The molecule has 0 radical (unpaired) electrons. The molecule has 20 heavy (non-hydrogen) atoms. The molecule has 5 nitrogen and oxygen atoms in total. The molecule has 2 amide bonds. The zero-order valence-electron chi connectivity index (χ0n) is 12.0. The fourth-order valence-corrected chi connectivity index (χ4v) is 1.99. The van der Waals surface area contributed by atoms with Gasteiger partial charge in [-0.1, -0.05) is 31.8 Å². The van der Waals surface area contributed by atoms with E-state index in [1.165, 1.54) is 6.08 Å². The molecule has 0 aliphatic carbocycles. The maximum Gasteiger partial charge on any atom is 0.254 e. The van der Waals surface area contributed by atoms with E-state index in [-0.39, 0.29) is 5.57 Å². The Kier molecular flexibility index (Phi) is 5.10. The van der Waals surface area contributed by atoms with Crippen LogP contribution in [0.4, 0.5) is 0 Å². The normalized spacial score (nSPS) is 10.8. The van der Waals surface area contributed by atoms with Crippen LogP contribution in [0.25, 0.3) is 6.08 Å². The molecule has 108 valence electrons. The van der Waals surface area contributed by atoms with E-state index in [0.717, 1.165) is 12.0 Å². The minimum absolute atomic E-state index is 0.222. The van der Waals surface area contributed by atoms with Crippen LogP contribution in [0.2, 0.25) is 19.6 Å². The highest BCUT2D eigenvalue weighted by molar-refractivity contribution is 6.76. The maximum atomic E-state index is 11.1. The van der Waals surface area contributed by atoms with Crippen molar-refractivity contribution in [3.8, 4) is 5.75 Å². The van der Waals surface area contributed by atoms with Gasteiger partial charge in [0.25, 0.3) is 11.8 Å². The van der Waals surface area contributed by atoms with Gasteiger partial charge < -0.3 is 16.2 Å². The van der Waals surface area contributed by atoms with Crippen LogP contribution in [0, 0.1) is 0 Å². The van der Waals surface area contributed by atoms with Gasteiger partial charge >= 0.3 is 0 Å². The molecule has 0 aliphatic heterocycles. The minimum Gasteiger partial charge on any atom is -0.497 e. The standard InChI is InChI=1S/C14H20N2O3Si/c1-20(2,3)9-19-11-6-4-10(5-7-11)8-12(13(15)17)14(16)18/h4-8H,9H2,1-3H3,(H2,15,17)(H2,16,18). The van der Waals surface area contributed by atoms with Crippen molar-refractivity contribution in [2.24, 2.45) is 11.5 Å². The van der Waals surface area contributed by atoms with E-state index in [1.54, 1.807) is 24.3 Å². The third kappa shape index (κ3) is 5.27. The molecule has 0 saturated heterocycles. The number of hydrogen-bond donors (Lipinski definition) is 2. The van der Waals surface area contributed by atoms with Gasteiger partial charge in [0.05, 0.1) is 14.3 Å². The topological polar surface area (TPSA) is 95.4 Å². The van der Waals surface area contributed by atoms with Crippen LogP contribution in [0.1, 0.15) is 5.56 Å². The van der Waals surface area contributed by atoms with Crippen molar-refractivity contribution < 1.29 is 14.3 Å². The Balaban J connectivity index is 2.83. The Morgan fingerprint density at radius 1 is 1.10 bits per heavy atom. The molecule has 6 heteroatoms. The average Bonchev–Trinajstić information content (AvgIpc) is 2.33. The number of ether oxygens (including phenoxy) is 1. The van der Waals surface area contributed by atoms with Crippen molar-refractivity contribution >= 4 is 26.0 Å². The van der Waals surface area contributed by atoms with Crippen LogP contribution in [0.15, 0.2) is 29.8 Å². The summed E-state index contributed by atoms with van der Waals surface area (Å²) in [6, 6.07) is 7.05. The fraction of sp³-hybridized carbons (Fsp3) is 0.286. The van der Waals surface area contributed by atoms with Gasteiger partial charge in [-0.05, 0) is 23.8 Å². The van der Waals surface area contributed by atoms with Gasteiger partial charge in [0.1, 0.15) is 11.3 Å². The molecule has 1 aromatic rings. The predicted octanol–water partition coefficient (Wildman–Crippen LogP) is 1.30. The molecule has 0 aliphatic rings. The van der Waals surface area contributed by atoms with Crippen LogP contribution < -0.4 is 16.2 Å². The number of carbonyl (C=O) groups is 2. The highest BCUT2D eigenvalue weighted by Gasteiger charge is 2.14. The molecule has 0 atom stereocenters. The van der Waals surface area contributed by atoms with Gasteiger partial charge in [0.2, 0.25) is 0 Å². The SMILES string of the molecule is C[Si](C)(C)COc1ccc(C=C(C(N)=O)C(N)=O)cc1. The second-order valence-electron chi connectivity index (χ2n) is 5.70. The van der Waals surface area contributed by atoms with Crippen LogP contribution >= 0.6 is 0 Å². The molecule has 0 saturated carbocycles. The molecule has 0 heterocycles. The van der Waals surface area contributed by atoms with Crippen molar-refractivity contribution in [2.45, 2.75) is 19.6 Å². The number of benzene rings is 1. The molecule has 4 N–H and O–H groups in total. The second-order valence-corrected chi connectivity index (χ2v) is 11.1. The quantitative estimate of drug-likeness (QED) is 0.358. The van der Waals surface area contributed by atoms with E-state index in [4.69, 9.17) is 16.2 Å². The van der Waals surface area contributed by atoms with E-state index in [0.29, 0.717) is 5.56 Å². The van der Waals surface area contributed by atoms with Crippen molar-refractivity contribution in [3.05, 3.63) is 35.4 Å². The van der Waals surface area contributed by atoms with Crippen LogP contribution in [0.3, 0.4) is 0 Å². The summed E-state index contributed by atoms with van der Waals surface area (Å²) in [6.07, 6.45) is 2.10. The second kappa shape index (κ2) is 6.38. The molecular weight excluding hydrogens is 272 g/mol. The molecular formula is C14H20N2O3Si. The number of nitrogens with two attached hydrogens (primary N) is 2. The Labute approximate surface area is 119 Å². The Bertz CT molecular complexity index is 514. The smallest absolute Gasteiger partial charge is 0.254 e. The van der Waals surface area contributed by atoms with Crippen LogP contribution in [-0.4, -0.2) is 26.1 Å². The molecule has 0 aromatic heterocycles. The average molecular weight is 292 g/mol. The lowest BCUT2D eigenvalue weighted by Crippen LogP contribution is -2.29. The number of hydrogen-bond acceptors (Lipinski definition) is 3. The summed E-state index contributed by atoms with van der Waals surface area (Å²) in [4.78, 5) is 22.1. The Morgan fingerprint density at radius 3 is 2.00 bits per heavy atom. The zero-order chi connectivity index (χ0) is 15.3. The van der Waals surface area contributed by atoms with Gasteiger partial charge in [0.15, 0.2) is 0 Å². The number of primary amides is 2. The molecule has 0 spiro atoms. The lowest BCUT2D eigenvalue weighted by atomic mass is 10.1. The third-order valence-corrected chi connectivity index (χ3v) is 3.40. The molecule has 1 rings (SSSR count). The highest BCUT2D eigenvalue weighted by atomic mass is 28.3. The Hall–Kier alpha value is -2.08. The summed E-state index contributed by atoms with van der Waals surface area (Å²) < 4.78 is 5.68. The largest absolute Gasteiger partial charge is 0.497 e. The lowest BCUT2D eigenvalue weighted by molar-refractivity contribution is -0.120. The van der Waals surface area contributed by atoms with Crippen LogP contribution in [-0.2, 0) is 9.59 Å². The van der Waals surface area contributed by atoms with E-state index < -0.39 is 19.9 Å². The summed E-state index contributed by atoms with van der Waals surface area (Å²) >= 11 is 0. The van der Waals surface area contributed by atoms with Crippen LogP contribution in [0.5, 0.6) is 5.75 Å². The van der Waals surface area contributed by atoms with E-state index in [9.17, 15) is 9.59 Å². The van der Waals surface area contributed by atoms with Crippen molar-refractivity contribution in [3.63, 3.8) is 0 Å². The fourth-order valence-electron chi connectivity index (χ4n) is 1.39. The van der Waals surface area contributed by atoms with Gasteiger partial charge in [-0.2, -0.15) is 0 Å². The van der Waals surface area contributed by atoms with Crippen molar-refractivity contribution in [2.75, 3.05) is 6.23 Å². The zero-order valence-corrected chi connectivity index (χ0v) is 13.0. The summed E-state index contributed by atoms with van der Waals surface area (Å²) in [5.41, 5.74) is 10.6. The molecule has 0 unspecified atom stereocenters. The first-order valence-electron chi connectivity index (χ1n) is 6.23. The van der Waals surface area contributed by atoms with E-state index in [2.05, 4.69) is 19.6 Å².